The Bertz CT molecular complexity index is 684. The Morgan fingerprint density at radius 1 is 1.19 bits per heavy atom. The van der Waals surface area contributed by atoms with Crippen molar-refractivity contribution in [3.8, 4) is 0 Å². The summed E-state index contributed by atoms with van der Waals surface area (Å²) in [5, 5.41) is 0. The number of nitrogens with two attached hydrogens (primary N) is 1. The summed E-state index contributed by atoms with van der Waals surface area (Å²) in [6.45, 7) is 1.34. The fraction of sp³-hybridized carbons (Fsp3) is 0.235. The quantitative estimate of drug-likeness (QED) is 0.941. The van der Waals surface area contributed by atoms with Crippen molar-refractivity contribution in [1.29, 1.82) is 0 Å². The highest BCUT2D eigenvalue weighted by Crippen LogP contribution is 2.21. The van der Waals surface area contributed by atoms with Crippen LogP contribution in [0.1, 0.15) is 27.0 Å². The van der Waals surface area contributed by atoms with Gasteiger partial charge in [-0.2, -0.15) is 0 Å². The monoisotopic (exact) mass is 284 g/mol. The number of rotatable bonds is 3. The summed E-state index contributed by atoms with van der Waals surface area (Å²) >= 11 is 0. The molecular weight excluding hydrogens is 267 g/mol. The van der Waals surface area contributed by atoms with Crippen molar-refractivity contribution in [3.05, 3.63) is 70.5 Å². The predicted octanol–water partition coefficient (Wildman–Crippen LogP) is 2.48. The van der Waals surface area contributed by atoms with Gasteiger partial charge in [0.1, 0.15) is 5.82 Å². The van der Waals surface area contributed by atoms with Gasteiger partial charge in [-0.1, -0.05) is 24.3 Å². The maximum absolute atomic E-state index is 13.5. The Balaban J connectivity index is 1.82. The lowest BCUT2D eigenvalue weighted by Crippen LogP contribution is -2.37. The van der Waals surface area contributed by atoms with Crippen LogP contribution in [-0.4, -0.2) is 17.4 Å². The number of nitrogens with zero attached hydrogens (tertiary/aromatic N) is 1. The summed E-state index contributed by atoms with van der Waals surface area (Å²) in [6.07, 6.45) is 0.854. The molecule has 0 atom stereocenters. The molecule has 1 aliphatic heterocycles. The van der Waals surface area contributed by atoms with Crippen LogP contribution in [0.15, 0.2) is 42.5 Å². The van der Waals surface area contributed by atoms with Crippen LogP contribution in [-0.2, 0) is 19.5 Å². The van der Waals surface area contributed by atoms with Crippen molar-refractivity contribution in [2.75, 3.05) is 6.54 Å². The molecular formula is C17H17FN2O. The predicted molar refractivity (Wildman–Crippen MR) is 79.2 cm³/mol. The van der Waals surface area contributed by atoms with Crippen LogP contribution in [0.3, 0.4) is 0 Å². The Kier molecular flexibility index (Phi) is 3.71. The van der Waals surface area contributed by atoms with E-state index in [0.717, 1.165) is 23.1 Å². The number of halogens is 1. The SMILES string of the molecule is NCc1cc(CN2CCc3ccccc3C2=O)ccc1F. The first-order chi connectivity index (χ1) is 10.2. The van der Waals surface area contributed by atoms with Crippen molar-refractivity contribution in [3.63, 3.8) is 0 Å². The molecule has 0 aromatic heterocycles. The second-order valence-corrected chi connectivity index (χ2v) is 5.26. The van der Waals surface area contributed by atoms with Gasteiger partial charge >= 0.3 is 0 Å². The highest BCUT2D eigenvalue weighted by molar-refractivity contribution is 5.96. The molecule has 0 bridgehead atoms. The van der Waals surface area contributed by atoms with Gasteiger partial charge in [0.15, 0.2) is 0 Å². The van der Waals surface area contributed by atoms with Crippen LogP contribution in [0.25, 0.3) is 0 Å². The highest BCUT2D eigenvalue weighted by atomic mass is 19.1. The summed E-state index contributed by atoms with van der Waals surface area (Å²) in [7, 11) is 0. The average molecular weight is 284 g/mol. The molecule has 0 spiro atoms. The molecule has 0 aliphatic carbocycles. The van der Waals surface area contributed by atoms with Gasteiger partial charge in [-0.05, 0) is 35.7 Å². The number of carbonyl (C=O) groups excluding carboxylic acids is 1. The fourth-order valence-corrected chi connectivity index (χ4v) is 2.73. The molecule has 1 heterocycles. The van der Waals surface area contributed by atoms with Crippen LogP contribution in [0.4, 0.5) is 4.39 Å². The zero-order valence-corrected chi connectivity index (χ0v) is 11.7. The Morgan fingerprint density at radius 3 is 2.81 bits per heavy atom. The molecule has 0 saturated carbocycles. The topological polar surface area (TPSA) is 46.3 Å². The van der Waals surface area contributed by atoms with E-state index < -0.39 is 0 Å². The van der Waals surface area contributed by atoms with Crippen LogP contribution in [0.2, 0.25) is 0 Å². The zero-order valence-electron chi connectivity index (χ0n) is 11.7. The van der Waals surface area contributed by atoms with Crippen molar-refractivity contribution in [1.82, 2.24) is 4.90 Å². The molecule has 1 amide bonds. The Hall–Kier alpha value is -2.20. The molecule has 4 heteroatoms. The molecule has 0 unspecified atom stereocenters. The standard InChI is InChI=1S/C17H17FN2O/c18-16-6-5-12(9-14(16)10-19)11-20-8-7-13-3-1-2-4-15(13)17(20)21/h1-6,9H,7-8,10-11,19H2. The lowest BCUT2D eigenvalue weighted by Gasteiger charge is -2.28. The normalized spacial score (nSPS) is 14.2. The van der Waals surface area contributed by atoms with E-state index in [9.17, 15) is 9.18 Å². The van der Waals surface area contributed by atoms with E-state index in [4.69, 9.17) is 5.73 Å². The molecule has 3 nitrogen and oxygen atoms in total. The van der Waals surface area contributed by atoms with Crippen molar-refractivity contribution < 1.29 is 9.18 Å². The molecule has 0 fully saturated rings. The van der Waals surface area contributed by atoms with E-state index in [-0.39, 0.29) is 18.3 Å². The summed E-state index contributed by atoms with van der Waals surface area (Å²) in [5.41, 5.74) is 8.78. The number of hydrogen-bond donors (Lipinski definition) is 1. The highest BCUT2D eigenvalue weighted by Gasteiger charge is 2.23. The van der Waals surface area contributed by atoms with Crippen molar-refractivity contribution in [2.24, 2.45) is 5.73 Å². The van der Waals surface area contributed by atoms with Crippen LogP contribution in [0.5, 0.6) is 0 Å². The molecule has 21 heavy (non-hydrogen) atoms. The Morgan fingerprint density at radius 2 is 2.00 bits per heavy atom. The minimum atomic E-state index is -0.295. The first-order valence-corrected chi connectivity index (χ1v) is 7.03. The van der Waals surface area contributed by atoms with E-state index in [1.165, 1.54) is 6.07 Å². The maximum Gasteiger partial charge on any atom is 0.254 e. The molecule has 2 N–H and O–H groups in total. The van der Waals surface area contributed by atoms with Crippen LogP contribution >= 0.6 is 0 Å². The maximum atomic E-state index is 13.5. The smallest absolute Gasteiger partial charge is 0.254 e. The third-order valence-corrected chi connectivity index (χ3v) is 3.89. The number of fused-ring (bicyclic) bond motifs is 1. The lowest BCUT2D eigenvalue weighted by molar-refractivity contribution is 0.0727. The molecule has 0 radical (unpaired) electrons. The largest absolute Gasteiger partial charge is 0.334 e. The second kappa shape index (κ2) is 5.66. The van der Waals surface area contributed by atoms with Crippen LogP contribution < -0.4 is 5.73 Å². The van der Waals surface area contributed by atoms with Gasteiger partial charge in [-0.25, -0.2) is 4.39 Å². The van der Waals surface area contributed by atoms with Gasteiger partial charge in [0, 0.05) is 30.8 Å². The third-order valence-electron chi connectivity index (χ3n) is 3.89. The molecule has 3 rings (SSSR count). The number of amides is 1. The lowest BCUT2D eigenvalue weighted by atomic mass is 9.98. The van der Waals surface area contributed by atoms with Gasteiger partial charge in [-0.3, -0.25) is 4.79 Å². The Labute approximate surface area is 123 Å². The number of benzene rings is 2. The van der Waals surface area contributed by atoms with Gasteiger partial charge < -0.3 is 10.6 Å². The average Bonchev–Trinajstić information content (AvgIpc) is 2.52. The summed E-state index contributed by atoms with van der Waals surface area (Å²) in [6, 6.07) is 12.6. The molecule has 2 aromatic carbocycles. The third kappa shape index (κ3) is 2.67. The number of carbonyl (C=O) groups is 1. The zero-order chi connectivity index (χ0) is 14.8. The molecule has 1 aliphatic rings. The van der Waals surface area contributed by atoms with Crippen LogP contribution in [0, 0.1) is 5.82 Å². The van der Waals surface area contributed by atoms with Gasteiger partial charge in [-0.15, -0.1) is 0 Å². The van der Waals surface area contributed by atoms with E-state index in [0.29, 0.717) is 18.7 Å². The molecule has 108 valence electrons. The van der Waals surface area contributed by atoms with E-state index in [1.54, 1.807) is 17.0 Å². The number of hydrogen-bond acceptors (Lipinski definition) is 2. The molecule has 0 saturated heterocycles. The fourth-order valence-electron chi connectivity index (χ4n) is 2.73. The summed E-state index contributed by atoms with van der Waals surface area (Å²) in [5.74, 6) is -0.257. The summed E-state index contributed by atoms with van der Waals surface area (Å²) in [4.78, 5) is 14.3. The van der Waals surface area contributed by atoms with Gasteiger partial charge in [0.25, 0.3) is 5.91 Å². The van der Waals surface area contributed by atoms with E-state index in [2.05, 4.69) is 0 Å². The van der Waals surface area contributed by atoms with E-state index in [1.807, 2.05) is 24.3 Å². The van der Waals surface area contributed by atoms with Gasteiger partial charge in [0.2, 0.25) is 0 Å². The van der Waals surface area contributed by atoms with Crippen molar-refractivity contribution >= 4 is 5.91 Å². The first-order valence-electron chi connectivity index (χ1n) is 7.03. The second-order valence-electron chi connectivity index (χ2n) is 5.26. The van der Waals surface area contributed by atoms with E-state index >= 15 is 0 Å². The first kappa shape index (κ1) is 13.8. The minimum Gasteiger partial charge on any atom is -0.334 e. The molecule has 2 aromatic rings. The minimum absolute atomic E-state index is 0.0375. The summed E-state index contributed by atoms with van der Waals surface area (Å²) < 4.78 is 13.5. The van der Waals surface area contributed by atoms with Gasteiger partial charge in [0.05, 0.1) is 0 Å². The van der Waals surface area contributed by atoms with Crippen molar-refractivity contribution in [2.45, 2.75) is 19.5 Å².